The van der Waals surface area contributed by atoms with Gasteiger partial charge in [0.2, 0.25) is 17.7 Å². The van der Waals surface area contributed by atoms with Crippen molar-refractivity contribution < 1.29 is 39.2 Å². The molecule has 3 amide bonds. The molecule has 0 radical (unpaired) electrons. The Balaban J connectivity index is 1.45. The van der Waals surface area contributed by atoms with Crippen molar-refractivity contribution in [3.63, 3.8) is 0 Å². The van der Waals surface area contributed by atoms with E-state index in [0.717, 1.165) is 27.8 Å². The van der Waals surface area contributed by atoms with Gasteiger partial charge in [-0.15, -0.1) is 18.2 Å². The van der Waals surface area contributed by atoms with Gasteiger partial charge in [0, 0.05) is 20.1 Å². The average Bonchev–Trinajstić information content (AvgIpc) is 3.05. The molecule has 49 heavy (non-hydrogen) atoms. The lowest BCUT2D eigenvalue weighted by Gasteiger charge is -2.40. The van der Waals surface area contributed by atoms with E-state index in [4.69, 9.17) is 15.9 Å². The smallest absolute Gasteiger partial charge is 0.246 e. The minimum Gasteiger partial charge on any atom is -0.387 e. The second kappa shape index (κ2) is 18.5. The number of terminal acetylenes is 1. The van der Waals surface area contributed by atoms with E-state index >= 15 is 0 Å². The van der Waals surface area contributed by atoms with Crippen LogP contribution in [-0.4, -0.2) is 125 Å². The number of aliphatic hydroxyl groups excluding tert-OH is 3. The van der Waals surface area contributed by atoms with Crippen molar-refractivity contribution in [2.45, 2.75) is 69.2 Å². The quantitative estimate of drug-likeness (QED) is 0.160. The summed E-state index contributed by atoms with van der Waals surface area (Å²) in [4.78, 5) is 40.6. The first-order valence-electron chi connectivity index (χ1n) is 16.1. The first-order valence-corrected chi connectivity index (χ1v) is 17.4. The van der Waals surface area contributed by atoms with Crippen molar-refractivity contribution in [2.24, 2.45) is 0 Å². The van der Waals surface area contributed by atoms with Crippen LogP contribution < -0.4 is 10.6 Å². The number of carbonyl (C=O) groups is 3. The molecule has 0 saturated carbocycles. The van der Waals surface area contributed by atoms with Gasteiger partial charge in [-0.05, 0) is 68.3 Å². The van der Waals surface area contributed by atoms with Gasteiger partial charge in [-0.25, -0.2) is 0 Å². The Bertz CT molecular complexity index is 1460. The number of carbonyl (C=O) groups excluding carboxylic acids is 3. The van der Waals surface area contributed by atoms with Gasteiger partial charge in [0.25, 0.3) is 0 Å². The topological polar surface area (TPSA) is 161 Å². The highest BCUT2D eigenvalue weighted by atomic mass is 32.2. The summed E-state index contributed by atoms with van der Waals surface area (Å²) in [7, 11) is 3.41. The van der Waals surface area contributed by atoms with Crippen LogP contribution in [0.3, 0.4) is 0 Å². The zero-order valence-electron chi connectivity index (χ0n) is 29.1. The van der Waals surface area contributed by atoms with E-state index in [9.17, 15) is 29.7 Å². The molecule has 0 spiro atoms. The number of benzene rings is 2. The summed E-state index contributed by atoms with van der Waals surface area (Å²) in [5.41, 5.74) is 2.93. The van der Waals surface area contributed by atoms with Crippen LogP contribution in [-0.2, 0) is 36.9 Å². The second-order valence-electron chi connectivity index (χ2n) is 12.9. The molecule has 3 rings (SSSR count). The monoisotopic (exact) mass is 698 g/mol. The Labute approximate surface area is 293 Å². The van der Waals surface area contributed by atoms with Crippen LogP contribution in [0.1, 0.15) is 47.8 Å². The van der Waals surface area contributed by atoms with Crippen molar-refractivity contribution >= 4 is 29.5 Å². The van der Waals surface area contributed by atoms with Gasteiger partial charge in [0.05, 0.1) is 19.7 Å². The second-order valence-corrected chi connectivity index (χ2v) is 13.9. The van der Waals surface area contributed by atoms with Gasteiger partial charge in [-0.3, -0.25) is 19.3 Å². The molecule has 1 saturated heterocycles. The summed E-state index contributed by atoms with van der Waals surface area (Å²) in [5, 5.41) is 36.7. The molecule has 0 aromatic heterocycles. The molecule has 0 bridgehead atoms. The van der Waals surface area contributed by atoms with E-state index in [-0.39, 0.29) is 38.1 Å². The highest BCUT2D eigenvalue weighted by Crippen LogP contribution is 2.36. The lowest BCUT2D eigenvalue weighted by molar-refractivity contribution is -0.200. The van der Waals surface area contributed by atoms with E-state index in [1.165, 1.54) is 16.7 Å². The molecule has 12 nitrogen and oxygen atoms in total. The number of hydrogen-bond donors (Lipinski definition) is 5. The van der Waals surface area contributed by atoms with Gasteiger partial charge in [-0.2, -0.15) is 0 Å². The maximum absolute atomic E-state index is 12.7. The summed E-state index contributed by atoms with van der Waals surface area (Å²) in [6.45, 7) is 6.34. The predicted molar refractivity (Wildman–Crippen MR) is 188 cm³/mol. The molecule has 268 valence electrons. The molecule has 0 unspecified atom stereocenters. The molecule has 1 fully saturated rings. The minimum absolute atomic E-state index is 0.116. The third kappa shape index (κ3) is 11.5. The normalized spacial score (nSPS) is 20.8. The van der Waals surface area contributed by atoms with Gasteiger partial charge in [-0.1, -0.05) is 48.4 Å². The molecule has 5 atom stereocenters. The first-order chi connectivity index (χ1) is 23.2. The Kier molecular flexibility index (Phi) is 15.1. The van der Waals surface area contributed by atoms with Crippen molar-refractivity contribution in [3.05, 3.63) is 70.3 Å². The molecular weight excluding hydrogens is 648 g/mol. The zero-order chi connectivity index (χ0) is 36.3. The van der Waals surface area contributed by atoms with Crippen LogP contribution in [0.4, 0.5) is 0 Å². The highest BCUT2D eigenvalue weighted by Gasteiger charge is 2.44. The Morgan fingerprint density at radius 1 is 1.04 bits per heavy atom. The van der Waals surface area contributed by atoms with E-state index in [1.54, 1.807) is 39.1 Å². The summed E-state index contributed by atoms with van der Waals surface area (Å²) in [6.07, 6.45) is 3.13. The van der Waals surface area contributed by atoms with E-state index in [0.29, 0.717) is 19.5 Å². The molecule has 0 aliphatic carbocycles. The molecule has 1 aliphatic heterocycles. The summed E-state index contributed by atoms with van der Waals surface area (Å²) in [6, 6.07) is 13.6. The number of aryl methyl sites for hydroxylation is 1. The van der Waals surface area contributed by atoms with Crippen LogP contribution in [0.5, 0.6) is 0 Å². The summed E-state index contributed by atoms with van der Waals surface area (Å²) >= 11 is 1.28. The van der Waals surface area contributed by atoms with Crippen LogP contribution >= 0.6 is 11.8 Å². The molecule has 13 heteroatoms. The molecule has 1 aliphatic rings. The van der Waals surface area contributed by atoms with Gasteiger partial charge < -0.3 is 40.3 Å². The number of aliphatic hydroxyl groups is 3. The van der Waals surface area contributed by atoms with Crippen molar-refractivity contribution in [1.29, 1.82) is 0 Å². The first kappa shape index (κ1) is 40.0. The number of rotatable bonds is 16. The van der Waals surface area contributed by atoms with Gasteiger partial charge in [0.1, 0.15) is 42.0 Å². The lowest BCUT2D eigenvalue weighted by Crippen LogP contribution is -2.56. The number of amides is 3. The molecule has 2 aromatic rings. The number of likely N-dealkylation sites (N-methyl/N-ethyl adjacent to an activating group) is 2. The van der Waals surface area contributed by atoms with Crippen LogP contribution in [0, 0.1) is 19.3 Å². The third-order valence-corrected chi connectivity index (χ3v) is 9.24. The highest BCUT2D eigenvalue weighted by molar-refractivity contribution is 7.99. The van der Waals surface area contributed by atoms with Crippen molar-refractivity contribution in [3.8, 4) is 12.3 Å². The lowest BCUT2D eigenvalue weighted by atomic mass is 9.91. The fraction of sp³-hybridized carbons (Fsp3) is 0.528. The van der Waals surface area contributed by atoms with Crippen LogP contribution in [0.25, 0.3) is 0 Å². The number of nitrogens with one attached hydrogen (secondary N) is 2. The summed E-state index contributed by atoms with van der Waals surface area (Å²) in [5.74, 6) is 1.53. The van der Waals surface area contributed by atoms with E-state index in [1.807, 2.05) is 49.4 Å². The predicted octanol–water partition coefficient (Wildman–Crippen LogP) is 0.980. The molecule has 5 N–H and O–H groups in total. The standard InChI is InChI=1S/C36H50N4O8S/c1-8-16-40(6)29(42)20-39(5)17-15-37-35(46)36(3,4)38-28(41)22-47-21-25-12-10-24(11-13-25)18-27-19-26(14-9-23(27)2)33-31(44)30(43)32(45)34(48-33)49-7/h1,9-14,19,30-34,43-45H,15-18,20-22H2,2-7H3,(H,37,46)(H,38,41)/t30-,31-,32+,33+,34-/m1/s1. The number of hydrogen-bond acceptors (Lipinski definition) is 10. The third-order valence-electron chi connectivity index (χ3n) is 8.38. The molecule has 1 heterocycles. The van der Waals surface area contributed by atoms with Gasteiger partial charge in [0.15, 0.2) is 0 Å². The van der Waals surface area contributed by atoms with Crippen LogP contribution in [0.15, 0.2) is 42.5 Å². The zero-order valence-corrected chi connectivity index (χ0v) is 30.0. The van der Waals surface area contributed by atoms with E-state index in [2.05, 4.69) is 16.6 Å². The Morgan fingerprint density at radius 3 is 2.37 bits per heavy atom. The van der Waals surface area contributed by atoms with Crippen molar-refractivity contribution in [2.75, 3.05) is 53.1 Å². The van der Waals surface area contributed by atoms with Crippen molar-refractivity contribution in [1.82, 2.24) is 20.4 Å². The number of ether oxygens (including phenoxy) is 2. The number of thioether (sulfide) groups is 1. The fourth-order valence-electron chi connectivity index (χ4n) is 5.29. The number of nitrogens with zero attached hydrogens (tertiary/aromatic N) is 2. The molecular formula is C36H50N4O8S. The van der Waals surface area contributed by atoms with Gasteiger partial charge >= 0.3 is 0 Å². The SMILES string of the molecule is C#CCN(C)C(=O)CN(C)CCNC(=O)C(C)(C)NC(=O)COCc1ccc(Cc2cc([C@@H]3O[C@H](SC)[C@@H](O)[C@H](O)[C@H]3O)ccc2C)cc1. The summed E-state index contributed by atoms with van der Waals surface area (Å²) < 4.78 is 11.6. The Morgan fingerprint density at radius 2 is 1.71 bits per heavy atom. The average molecular weight is 699 g/mol. The maximum atomic E-state index is 12.7. The minimum atomic E-state index is -1.31. The fourth-order valence-corrected chi connectivity index (χ4v) is 5.96. The van der Waals surface area contributed by atoms with E-state index < -0.39 is 41.3 Å². The maximum Gasteiger partial charge on any atom is 0.246 e. The largest absolute Gasteiger partial charge is 0.387 e. The molecule has 2 aromatic carbocycles. The Hall–Kier alpha value is -3.48. The van der Waals surface area contributed by atoms with Crippen LogP contribution in [0.2, 0.25) is 0 Å².